The van der Waals surface area contributed by atoms with E-state index in [1.54, 1.807) is 30.8 Å². The average Bonchev–Trinajstić information content (AvgIpc) is 2.23. The van der Waals surface area contributed by atoms with Gasteiger partial charge in [-0.1, -0.05) is 0 Å². The van der Waals surface area contributed by atoms with Crippen LogP contribution in [0.4, 0.5) is 11.4 Å². The Kier molecular flexibility index (Phi) is 2.11. The summed E-state index contributed by atoms with van der Waals surface area (Å²) in [5.74, 6) is 0. The molecule has 0 radical (unpaired) electrons. The van der Waals surface area contributed by atoms with Crippen LogP contribution in [0, 0.1) is 0 Å². The molecule has 0 spiro atoms. The predicted octanol–water partition coefficient (Wildman–Crippen LogP) is 1.16. The van der Waals surface area contributed by atoms with E-state index < -0.39 is 0 Å². The van der Waals surface area contributed by atoms with Gasteiger partial charge in [0.25, 0.3) is 5.56 Å². The first-order chi connectivity index (χ1) is 7.13. The number of hydrogen-bond donors (Lipinski definition) is 2. The summed E-state index contributed by atoms with van der Waals surface area (Å²) in [7, 11) is 3.54. The molecule has 0 unspecified atom stereocenters. The number of aryl methyl sites for hydroxylation is 1. The SMILES string of the molecule is CNc1cc(=O)n(C)c2ccc(N)cc12. The number of rotatable bonds is 1. The molecule has 0 fully saturated rings. The topological polar surface area (TPSA) is 60.0 Å². The van der Waals surface area contributed by atoms with Crippen LogP contribution in [0.25, 0.3) is 10.9 Å². The fourth-order valence-electron chi connectivity index (χ4n) is 1.69. The Hall–Kier alpha value is -1.97. The van der Waals surface area contributed by atoms with E-state index in [0.29, 0.717) is 5.69 Å². The molecule has 4 nitrogen and oxygen atoms in total. The van der Waals surface area contributed by atoms with Crippen LogP contribution in [-0.4, -0.2) is 11.6 Å². The third-order valence-corrected chi connectivity index (χ3v) is 2.54. The predicted molar refractivity (Wildman–Crippen MR) is 63.1 cm³/mol. The van der Waals surface area contributed by atoms with Crippen LogP contribution in [0.1, 0.15) is 0 Å². The van der Waals surface area contributed by atoms with Gasteiger partial charge in [-0.3, -0.25) is 4.79 Å². The first kappa shape index (κ1) is 9.58. The zero-order valence-corrected chi connectivity index (χ0v) is 8.74. The molecule has 0 aliphatic rings. The Labute approximate surface area is 87.3 Å². The van der Waals surface area contributed by atoms with Crippen molar-refractivity contribution in [1.82, 2.24) is 4.57 Å². The minimum atomic E-state index is -0.0309. The number of nitrogens with zero attached hydrogens (tertiary/aromatic N) is 1. The lowest BCUT2D eigenvalue weighted by atomic mass is 10.1. The molecule has 4 heteroatoms. The van der Waals surface area contributed by atoms with Crippen molar-refractivity contribution in [3.63, 3.8) is 0 Å². The van der Waals surface area contributed by atoms with Gasteiger partial charge in [0.05, 0.1) is 5.52 Å². The molecule has 2 aromatic rings. The highest BCUT2D eigenvalue weighted by Crippen LogP contribution is 2.22. The standard InChI is InChI=1S/C11H13N3O/c1-13-9-6-11(15)14(2)10-4-3-7(12)5-8(9)10/h3-6,13H,12H2,1-2H3. The third kappa shape index (κ3) is 1.44. The maximum absolute atomic E-state index is 11.6. The lowest BCUT2D eigenvalue weighted by Gasteiger charge is -2.10. The van der Waals surface area contributed by atoms with Gasteiger partial charge in [-0.25, -0.2) is 0 Å². The zero-order valence-electron chi connectivity index (χ0n) is 8.74. The maximum atomic E-state index is 11.6. The number of benzene rings is 1. The van der Waals surface area contributed by atoms with Gasteiger partial charge in [0.15, 0.2) is 0 Å². The van der Waals surface area contributed by atoms with E-state index in [2.05, 4.69) is 5.32 Å². The van der Waals surface area contributed by atoms with E-state index in [9.17, 15) is 4.79 Å². The molecule has 0 aliphatic carbocycles. The van der Waals surface area contributed by atoms with Gasteiger partial charge < -0.3 is 15.6 Å². The van der Waals surface area contributed by atoms with Crippen LogP contribution in [0.3, 0.4) is 0 Å². The largest absolute Gasteiger partial charge is 0.399 e. The second-order valence-electron chi connectivity index (χ2n) is 3.48. The van der Waals surface area contributed by atoms with E-state index in [1.807, 2.05) is 12.1 Å². The molecular formula is C11H13N3O. The molecule has 0 bridgehead atoms. The van der Waals surface area contributed by atoms with E-state index in [0.717, 1.165) is 16.6 Å². The van der Waals surface area contributed by atoms with Crippen LogP contribution in [-0.2, 0) is 7.05 Å². The molecule has 0 saturated carbocycles. The van der Waals surface area contributed by atoms with Crippen LogP contribution >= 0.6 is 0 Å². The highest BCUT2D eigenvalue weighted by atomic mass is 16.1. The van der Waals surface area contributed by atoms with Gasteiger partial charge in [-0.2, -0.15) is 0 Å². The molecular weight excluding hydrogens is 190 g/mol. The molecule has 1 aromatic carbocycles. The number of anilines is 2. The summed E-state index contributed by atoms with van der Waals surface area (Å²) in [5.41, 5.74) is 8.06. The number of hydrogen-bond acceptors (Lipinski definition) is 3. The number of aromatic nitrogens is 1. The Morgan fingerprint density at radius 1 is 1.33 bits per heavy atom. The Morgan fingerprint density at radius 3 is 2.73 bits per heavy atom. The second-order valence-corrected chi connectivity index (χ2v) is 3.48. The summed E-state index contributed by atoms with van der Waals surface area (Å²) < 4.78 is 1.61. The summed E-state index contributed by atoms with van der Waals surface area (Å²) in [6.07, 6.45) is 0. The van der Waals surface area contributed by atoms with Crippen LogP contribution < -0.4 is 16.6 Å². The fraction of sp³-hybridized carbons (Fsp3) is 0.182. The van der Waals surface area contributed by atoms with Gasteiger partial charge in [0, 0.05) is 36.9 Å². The smallest absolute Gasteiger partial charge is 0.252 e. The lowest BCUT2D eigenvalue weighted by molar-refractivity contribution is 0.907. The lowest BCUT2D eigenvalue weighted by Crippen LogP contribution is -2.16. The van der Waals surface area contributed by atoms with E-state index in [-0.39, 0.29) is 5.56 Å². The van der Waals surface area contributed by atoms with Gasteiger partial charge >= 0.3 is 0 Å². The monoisotopic (exact) mass is 203 g/mol. The number of nitrogen functional groups attached to an aromatic ring is 1. The van der Waals surface area contributed by atoms with Crippen molar-refractivity contribution in [2.45, 2.75) is 0 Å². The number of fused-ring (bicyclic) bond motifs is 1. The molecule has 0 atom stereocenters. The molecule has 3 N–H and O–H groups in total. The van der Waals surface area contributed by atoms with E-state index in [4.69, 9.17) is 5.73 Å². The van der Waals surface area contributed by atoms with Crippen molar-refractivity contribution in [1.29, 1.82) is 0 Å². The van der Waals surface area contributed by atoms with Crippen LogP contribution in [0.2, 0.25) is 0 Å². The molecule has 0 amide bonds. The summed E-state index contributed by atoms with van der Waals surface area (Å²) in [5, 5.41) is 3.95. The summed E-state index contributed by atoms with van der Waals surface area (Å²) in [6.45, 7) is 0. The molecule has 78 valence electrons. The highest BCUT2D eigenvalue weighted by Gasteiger charge is 2.05. The van der Waals surface area contributed by atoms with Crippen molar-refractivity contribution in [3.8, 4) is 0 Å². The van der Waals surface area contributed by atoms with Crippen molar-refractivity contribution in [2.75, 3.05) is 18.1 Å². The quantitative estimate of drug-likeness (QED) is 0.684. The molecule has 1 heterocycles. The first-order valence-corrected chi connectivity index (χ1v) is 4.70. The number of nitrogens with two attached hydrogens (primary N) is 1. The Morgan fingerprint density at radius 2 is 2.07 bits per heavy atom. The second kappa shape index (κ2) is 3.31. The van der Waals surface area contributed by atoms with Gasteiger partial charge in [-0.05, 0) is 18.2 Å². The minimum Gasteiger partial charge on any atom is -0.399 e. The van der Waals surface area contributed by atoms with Crippen molar-refractivity contribution in [3.05, 3.63) is 34.6 Å². The molecule has 0 saturated heterocycles. The molecule has 15 heavy (non-hydrogen) atoms. The summed E-state index contributed by atoms with van der Waals surface area (Å²) in [4.78, 5) is 11.6. The van der Waals surface area contributed by atoms with Crippen molar-refractivity contribution >= 4 is 22.3 Å². The molecule has 2 rings (SSSR count). The number of nitrogens with one attached hydrogen (secondary N) is 1. The van der Waals surface area contributed by atoms with Gasteiger partial charge in [0.1, 0.15) is 0 Å². The minimum absolute atomic E-state index is 0.0309. The average molecular weight is 203 g/mol. The van der Waals surface area contributed by atoms with Crippen molar-refractivity contribution in [2.24, 2.45) is 7.05 Å². The Bertz CT molecular complexity index is 572. The summed E-state index contributed by atoms with van der Waals surface area (Å²) >= 11 is 0. The van der Waals surface area contributed by atoms with Crippen molar-refractivity contribution < 1.29 is 0 Å². The molecule has 0 aliphatic heterocycles. The third-order valence-electron chi connectivity index (χ3n) is 2.54. The Balaban J connectivity index is 2.96. The van der Waals surface area contributed by atoms with Crippen LogP contribution in [0.15, 0.2) is 29.1 Å². The van der Waals surface area contributed by atoms with Gasteiger partial charge in [-0.15, -0.1) is 0 Å². The zero-order chi connectivity index (χ0) is 11.0. The maximum Gasteiger partial charge on any atom is 0.252 e. The summed E-state index contributed by atoms with van der Waals surface area (Å²) in [6, 6.07) is 7.08. The molecule has 1 aromatic heterocycles. The normalized spacial score (nSPS) is 10.5. The van der Waals surface area contributed by atoms with Gasteiger partial charge in [0.2, 0.25) is 0 Å². The highest BCUT2D eigenvalue weighted by molar-refractivity contribution is 5.93. The first-order valence-electron chi connectivity index (χ1n) is 4.70. The number of pyridine rings is 1. The van der Waals surface area contributed by atoms with E-state index in [1.165, 1.54) is 0 Å². The van der Waals surface area contributed by atoms with E-state index >= 15 is 0 Å². The fourth-order valence-corrected chi connectivity index (χ4v) is 1.69. The van der Waals surface area contributed by atoms with Crippen LogP contribution in [0.5, 0.6) is 0 Å².